The quantitative estimate of drug-likeness (QED) is 0.674. The molecule has 2 amide bonds. The summed E-state index contributed by atoms with van der Waals surface area (Å²) in [6, 6.07) is 13.4. The van der Waals surface area contributed by atoms with Crippen LogP contribution in [0.25, 0.3) is 5.69 Å². The van der Waals surface area contributed by atoms with Gasteiger partial charge in [-0.05, 0) is 44.0 Å². The van der Waals surface area contributed by atoms with Crippen LogP contribution in [-0.4, -0.2) is 44.5 Å². The number of aryl methyl sites for hydroxylation is 1. The van der Waals surface area contributed by atoms with Gasteiger partial charge in [0, 0.05) is 34.9 Å². The molecule has 5 rings (SSSR count). The van der Waals surface area contributed by atoms with Gasteiger partial charge in [0.05, 0.1) is 11.4 Å². The smallest absolute Gasteiger partial charge is 0.321 e. The van der Waals surface area contributed by atoms with Crippen molar-refractivity contribution in [3.63, 3.8) is 0 Å². The van der Waals surface area contributed by atoms with E-state index in [1.165, 1.54) is 0 Å². The van der Waals surface area contributed by atoms with Crippen LogP contribution in [0, 0.1) is 6.92 Å². The molecule has 2 aliphatic heterocycles. The summed E-state index contributed by atoms with van der Waals surface area (Å²) < 4.78 is 2.01. The molecular formula is C22H21ClN6O. The minimum absolute atomic E-state index is 0.0709. The molecule has 0 bridgehead atoms. The lowest BCUT2D eigenvalue weighted by atomic mass is 9.99. The van der Waals surface area contributed by atoms with Crippen LogP contribution in [0.1, 0.15) is 35.6 Å². The second kappa shape index (κ2) is 7.57. The number of hydrogen-bond donors (Lipinski definition) is 1. The van der Waals surface area contributed by atoms with Crippen molar-refractivity contribution in [2.75, 3.05) is 18.4 Å². The van der Waals surface area contributed by atoms with Gasteiger partial charge >= 0.3 is 6.03 Å². The Hall–Kier alpha value is -3.19. The molecule has 1 N–H and O–H groups in total. The Kier molecular flexibility index (Phi) is 4.75. The Morgan fingerprint density at radius 2 is 1.87 bits per heavy atom. The average molecular weight is 421 g/mol. The topological polar surface area (TPSA) is 75.4 Å². The van der Waals surface area contributed by atoms with E-state index in [2.05, 4.69) is 15.5 Å². The number of hydrogen-bond acceptors (Lipinski definition) is 4. The lowest BCUT2D eigenvalue weighted by Crippen LogP contribution is -2.32. The molecule has 2 aliphatic rings. The first-order valence-corrected chi connectivity index (χ1v) is 10.4. The number of carbonyl (C=O) groups excluding carboxylic acids is 1. The number of carbonyl (C=O) groups is 1. The second-order valence-corrected chi connectivity index (χ2v) is 7.91. The van der Waals surface area contributed by atoms with Crippen molar-refractivity contribution in [1.29, 1.82) is 0 Å². The first-order chi connectivity index (χ1) is 14.6. The fourth-order valence-electron chi connectivity index (χ4n) is 4.06. The van der Waals surface area contributed by atoms with E-state index in [0.717, 1.165) is 65.8 Å². The van der Waals surface area contributed by atoms with Gasteiger partial charge in [0.1, 0.15) is 12.4 Å². The standard InChI is InChI=1S/C22H21ClN6O/c1-14-26-27-20-13-24-21(16-6-2-3-7-18(16)23)17-12-15(8-9-19(17)29(14)20)25-22(30)28-10-4-5-11-28/h2-3,6-9,12H,4-5,10-11,13H2,1H3,(H,25,30). The van der Waals surface area contributed by atoms with E-state index in [-0.39, 0.29) is 6.03 Å². The van der Waals surface area contributed by atoms with Gasteiger partial charge in [-0.1, -0.05) is 29.8 Å². The van der Waals surface area contributed by atoms with Crippen LogP contribution in [0.2, 0.25) is 5.02 Å². The normalized spacial score (nSPS) is 15.3. The SMILES string of the molecule is Cc1nnc2n1-c1ccc(NC(=O)N3CCCC3)cc1C(c1ccccc1Cl)=NC2. The number of likely N-dealkylation sites (tertiary alicyclic amines) is 1. The number of anilines is 1. The highest BCUT2D eigenvalue weighted by atomic mass is 35.5. The van der Waals surface area contributed by atoms with Crippen molar-refractivity contribution < 1.29 is 4.79 Å². The summed E-state index contributed by atoms with van der Waals surface area (Å²) in [5.41, 5.74) is 4.14. The summed E-state index contributed by atoms with van der Waals surface area (Å²) in [4.78, 5) is 19.3. The van der Waals surface area contributed by atoms with E-state index >= 15 is 0 Å². The molecule has 0 unspecified atom stereocenters. The maximum absolute atomic E-state index is 12.6. The fraction of sp³-hybridized carbons (Fsp3) is 0.273. The van der Waals surface area contributed by atoms with Crippen LogP contribution in [0.3, 0.4) is 0 Å². The van der Waals surface area contributed by atoms with Gasteiger partial charge in [-0.25, -0.2) is 4.79 Å². The van der Waals surface area contributed by atoms with Gasteiger partial charge in [-0.2, -0.15) is 0 Å². The van der Waals surface area contributed by atoms with Crippen LogP contribution in [0.4, 0.5) is 10.5 Å². The third-order valence-electron chi connectivity index (χ3n) is 5.54. The number of nitrogens with zero attached hydrogens (tertiary/aromatic N) is 5. The van der Waals surface area contributed by atoms with Crippen molar-refractivity contribution in [2.45, 2.75) is 26.3 Å². The fourth-order valence-corrected chi connectivity index (χ4v) is 4.29. The Bertz CT molecular complexity index is 1160. The van der Waals surface area contributed by atoms with E-state index in [1.807, 2.05) is 58.9 Å². The third-order valence-corrected chi connectivity index (χ3v) is 5.87. The third kappa shape index (κ3) is 3.25. The molecule has 2 aromatic carbocycles. The lowest BCUT2D eigenvalue weighted by molar-refractivity contribution is 0.222. The molecule has 0 aliphatic carbocycles. The number of aromatic nitrogens is 3. The van der Waals surface area contributed by atoms with Crippen molar-refractivity contribution in [3.8, 4) is 5.69 Å². The molecule has 3 heterocycles. The summed E-state index contributed by atoms with van der Waals surface area (Å²) >= 11 is 6.51. The van der Waals surface area contributed by atoms with E-state index < -0.39 is 0 Å². The number of amides is 2. The maximum atomic E-state index is 12.6. The zero-order valence-corrected chi connectivity index (χ0v) is 17.4. The summed E-state index contributed by atoms with van der Waals surface area (Å²) in [6.07, 6.45) is 2.10. The summed E-state index contributed by atoms with van der Waals surface area (Å²) in [6.45, 7) is 3.91. The summed E-state index contributed by atoms with van der Waals surface area (Å²) in [5.74, 6) is 1.56. The van der Waals surface area contributed by atoms with Crippen molar-refractivity contribution >= 4 is 29.0 Å². The minimum atomic E-state index is -0.0709. The molecule has 0 spiro atoms. The largest absolute Gasteiger partial charge is 0.325 e. The predicted octanol–water partition coefficient (Wildman–Crippen LogP) is 4.21. The van der Waals surface area contributed by atoms with Crippen molar-refractivity contribution in [3.05, 3.63) is 70.3 Å². The molecule has 0 radical (unpaired) electrons. The van der Waals surface area contributed by atoms with Crippen LogP contribution >= 0.6 is 11.6 Å². The predicted molar refractivity (Wildman–Crippen MR) is 117 cm³/mol. The molecule has 3 aromatic rings. The highest BCUT2D eigenvalue weighted by Crippen LogP contribution is 2.30. The van der Waals surface area contributed by atoms with E-state index in [0.29, 0.717) is 11.6 Å². The van der Waals surface area contributed by atoms with E-state index in [4.69, 9.17) is 16.6 Å². The van der Waals surface area contributed by atoms with Gasteiger partial charge in [0.2, 0.25) is 0 Å². The molecule has 1 aromatic heterocycles. The number of urea groups is 1. The summed E-state index contributed by atoms with van der Waals surface area (Å²) in [5, 5.41) is 12.2. The van der Waals surface area contributed by atoms with Crippen molar-refractivity contribution in [2.24, 2.45) is 4.99 Å². The van der Waals surface area contributed by atoms with E-state index in [9.17, 15) is 4.79 Å². The number of benzene rings is 2. The highest BCUT2D eigenvalue weighted by Gasteiger charge is 2.24. The van der Waals surface area contributed by atoms with Gasteiger partial charge in [-0.15, -0.1) is 10.2 Å². The number of nitrogens with one attached hydrogen (secondary N) is 1. The monoisotopic (exact) mass is 420 g/mol. The van der Waals surface area contributed by atoms with Gasteiger partial charge in [0.15, 0.2) is 5.82 Å². The van der Waals surface area contributed by atoms with Gasteiger partial charge < -0.3 is 10.2 Å². The van der Waals surface area contributed by atoms with Gasteiger partial charge in [-0.3, -0.25) is 9.56 Å². The number of rotatable bonds is 2. The molecule has 1 fully saturated rings. The molecule has 152 valence electrons. The molecule has 7 nitrogen and oxygen atoms in total. The van der Waals surface area contributed by atoms with Gasteiger partial charge in [0.25, 0.3) is 0 Å². The zero-order valence-electron chi connectivity index (χ0n) is 16.6. The zero-order chi connectivity index (χ0) is 20.7. The van der Waals surface area contributed by atoms with Crippen molar-refractivity contribution in [1.82, 2.24) is 19.7 Å². The lowest BCUT2D eigenvalue weighted by Gasteiger charge is -2.18. The molecule has 0 saturated carbocycles. The number of halogens is 1. The number of aliphatic imine (C=N–C) groups is 1. The second-order valence-electron chi connectivity index (χ2n) is 7.50. The first kappa shape index (κ1) is 18.8. The Labute approximate surface area is 179 Å². The van der Waals surface area contributed by atoms with Crippen LogP contribution in [0.5, 0.6) is 0 Å². The molecule has 30 heavy (non-hydrogen) atoms. The van der Waals surface area contributed by atoms with Crippen LogP contribution in [0.15, 0.2) is 47.5 Å². The highest BCUT2D eigenvalue weighted by molar-refractivity contribution is 6.35. The van der Waals surface area contributed by atoms with Crippen LogP contribution in [-0.2, 0) is 6.54 Å². The average Bonchev–Trinajstić information content (AvgIpc) is 3.37. The maximum Gasteiger partial charge on any atom is 0.321 e. The summed E-state index contributed by atoms with van der Waals surface area (Å²) in [7, 11) is 0. The first-order valence-electron chi connectivity index (χ1n) is 10.0. The number of fused-ring (bicyclic) bond motifs is 3. The Balaban J connectivity index is 1.62. The molecule has 8 heteroatoms. The molecule has 1 saturated heterocycles. The Morgan fingerprint density at radius 3 is 2.67 bits per heavy atom. The Morgan fingerprint density at radius 1 is 1.07 bits per heavy atom. The van der Waals surface area contributed by atoms with E-state index in [1.54, 1.807) is 0 Å². The minimum Gasteiger partial charge on any atom is -0.325 e. The molecule has 0 atom stereocenters. The molecular weight excluding hydrogens is 400 g/mol. The van der Waals surface area contributed by atoms with Crippen LogP contribution < -0.4 is 5.32 Å².